The summed E-state index contributed by atoms with van der Waals surface area (Å²) in [4.78, 5) is 14.5. The number of nitro benzene ring substituents is 1. The number of hydrogen-bond donors (Lipinski definition) is 1. The van der Waals surface area contributed by atoms with Gasteiger partial charge in [-0.1, -0.05) is 0 Å². The standard InChI is InChI=1S/C14H15N3O4/c1-9-8-16-14(20-3)7-13(9)21-10-4-5-12(17(18)19)11(6-10)15-2/h4-8,15H,1-3H3. The molecule has 7 heteroatoms. The minimum Gasteiger partial charge on any atom is -0.481 e. The van der Waals surface area contributed by atoms with Gasteiger partial charge in [0.05, 0.1) is 12.0 Å². The number of nitro groups is 1. The van der Waals surface area contributed by atoms with E-state index in [2.05, 4.69) is 10.3 Å². The molecule has 1 heterocycles. The number of nitrogens with zero attached hydrogens (tertiary/aromatic N) is 2. The second kappa shape index (κ2) is 6.08. The minimum absolute atomic E-state index is 0.00567. The van der Waals surface area contributed by atoms with Crippen LogP contribution < -0.4 is 14.8 Å². The van der Waals surface area contributed by atoms with Crippen LogP contribution in [0, 0.1) is 17.0 Å². The molecule has 2 aromatic rings. The zero-order valence-electron chi connectivity index (χ0n) is 11.9. The molecule has 110 valence electrons. The SMILES string of the molecule is CNc1cc(Oc2cc(OC)ncc2C)ccc1[N+](=O)[O-]. The molecule has 0 radical (unpaired) electrons. The molecular formula is C14H15N3O4. The molecule has 0 aliphatic rings. The van der Waals surface area contributed by atoms with Crippen LogP contribution in [0.25, 0.3) is 0 Å². The molecule has 0 saturated heterocycles. The van der Waals surface area contributed by atoms with Crippen LogP contribution in [0.15, 0.2) is 30.5 Å². The van der Waals surface area contributed by atoms with Gasteiger partial charge in [0.15, 0.2) is 0 Å². The Balaban J connectivity index is 2.34. The van der Waals surface area contributed by atoms with E-state index < -0.39 is 4.92 Å². The summed E-state index contributed by atoms with van der Waals surface area (Å²) in [7, 11) is 3.14. The molecule has 0 bridgehead atoms. The second-order valence-electron chi connectivity index (χ2n) is 4.28. The number of aryl methyl sites for hydroxylation is 1. The van der Waals surface area contributed by atoms with Crippen LogP contribution in [-0.2, 0) is 0 Å². The number of hydrogen-bond acceptors (Lipinski definition) is 6. The quantitative estimate of drug-likeness (QED) is 0.672. The van der Waals surface area contributed by atoms with Gasteiger partial charge in [0.1, 0.15) is 17.2 Å². The van der Waals surface area contributed by atoms with Crippen LogP contribution in [0.1, 0.15) is 5.56 Å². The Morgan fingerprint density at radius 1 is 1.33 bits per heavy atom. The Hall–Kier alpha value is -2.83. The molecule has 0 atom stereocenters. The number of pyridine rings is 1. The predicted molar refractivity (Wildman–Crippen MR) is 78.2 cm³/mol. The minimum atomic E-state index is -0.448. The largest absolute Gasteiger partial charge is 0.481 e. The van der Waals surface area contributed by atoms with Gasteiger partial charge in [-0.05, 0) is 13.0 Å². The maximum atomic E-state index is 10.9. The first-order valence-electron chi connectivity index (χ1n) is 6.20. The van der Waals surface area contributed by atoms with Crippen molar-refractivity contribution in [2.75, 3.05) is 19.5 Å². The highest BCUT2D eigenvalue weighted by Crippen LogP contribution is 2.32. The van der Waals surface area contributed by atoms with E-state index >= 15 is 0 Å². The zero-order chi connectivity index (χ0) is 15.4. The summed E-state index contributed by atoms with van der Waals surface area (Å²) in [5.41, 5.74) is 1.21. The number of rotatable bonds is 5. The van der Waals surface area contributed by atoms with Crippen LogP contribution >= 0.6 is 0 Å². The van der Waals surface area contributed by atoms with E-state index in [-0.39, 0.29) is 5.69 Å². The van der Waals surface area contributed by atoms with Gasteiger partial charge in [-0.3, -0.25) is 10.1 Å². The highest BCUT2D eigenvalue weighted by atomic mass is 16.6. The van der Waals surface area contributed by atoms with Crippen molar-refractivity contribution >= 4 is 11.4 Å². The maximum Gasteiger partial charge on any atom is 0.292 e. The first kappa shape index (κ1) is 14.6. The summed E-state index contributed by atoms with van der Waals surface area (Å²) in [6.07, 6.45) is 1.64. The highest BCUT2D eigenvalue weighted by molar-refractivity contribution is 5.64. The molecular weight excluding hydrogens is 274 g/mol. The fourth-order valence-corrected chi connectivity index (χ4v) is 1.77. The smallest absolute Gasteiger partial charge is 0.292 e. The normalized spacial score (nSPS) is 10.0. The van der Waals surface area contributed by atoms with Crippen molar-refractivity contribution in [3.8, 4) is 17.4 Å². The van der Waals surface area contributed by atoms with E-state index in [4.69, 9.17) is 9.47 Å². The van der Waals surface area contributed by atoms with E-state index in [1.807, 2.05) is 6.92 Å². The fourth-order valence-electron chi connectivity index (χ4n) is 1.77. The van der Waals surface area contributed by atoms with Crippen molar-refractivity contribution in [2.24, 2.45) is 0 Å². The lowest BCUT2D eigenvalue weighted by atomic mass is 10.2. The first-order chi connectivity index (χ1) is 10.0. The van der Waals surface area contributed by atoms with E-state index in [9.17, 15) is 10.1 Å². The van der Waals surface area contributed by atoms with Crippen LogP contribution in [-0.4, -0.2) is 24.1 Å². The van der Waals surface area contributed by atoms with Gasteiger partial charge < -0.3 is 14.8 Å². The summed E-state index contributed by atoms with van der Waals surface area (Å²) in [6, 6.07) is 6.18. The van der Waals surface area contributed by atoms with E-state index in [1.54, 1.807) is 31.4 Å². The Kier molecular flexibility index (Phi) is 4.22. The van der Waals surface area contributed by atoms with Crippen molar-refractivity contribution < 1.29 is 14.4 Å². The number of methoxy groups -OCH3 is 1. The molecule has 1 N–H and O–H groups in total. The van der Waals surface area contributed by atoms with Gasteiger partial charge in [-0.2, -0.15) is 0 Å². The summed E-state index contributed by atoms with van der Waals surface area (Å²) >= 11 is 0. The first-order valence-corrected chi connectivity index (χ1v) is 6.20. The van der Waals surface area contributed by atoms with Crippen LogP contribution in [0.3, 0.4) is 0 Å². The molecule has 0 fully saturated rings. The van der Waals surface area contributed by atoms with Gasteiger partial charge in [0.25, 0.3) is 5.69 Å². The number of nitrogens with one attached hydrogen (secondary N) is 1. The second-order valence-corrected chi connectivity index (χ2v) is 4.28. The van der Waals surface area contributed by atoms with Crippen molar-refractivity contribution in [3.63, 3.8) is 0 Å². The van der Waals surface area contributed by atoms with Crippen molar-refractivity contribution in [3.05, 3.63) is 46.1 Å². The van der Waals surface area contributed by atoms with E-state index in [0.29, 0.717) is 23.1 Å². The predicted octanol–water partition coefficient (Wildman–Crippen LogP) is 3.14. The monoisotopic (exact) mass is 289 g/mol. The molecule has 0 unspecified atom stereocenters. The van der Waals surface area contributed by atoms with Crippen LogP contribution in [0.5, 0.6) is 17.4 Å². The molecule has 0 spiro atoms. The molecule has 1 aromatic heterocycles. The van der Waals surface area contributed by atoms with E-state index in [0.717, 1.165) is 5.56 Å². The molecule has 7 nitrogen and oxygen atoms in total. The Labute approximate surface area is 121 Å². The Morgan fingerprint density at radius 3 is 2.71 bits per heavy atom. The summed E-state index contributed by atoms with van der Waals surface area (Å²) in [5.74, 6) is 1.51. The number of ether oxygens (including phenoxy) is 2. The Bertz CT molecular complexity index is 673. The lowest BCUT2D eigenvalue weighted by Gasteiger charge is -2.11. The highest BCUT2D eigenvalue weighted by Gasteiger charge is 2.14. The van der Waals surface area contributed by atoms with Crippen molar-refractivity contribution in [2.45, 2.75) is 6.92 Å². The van der Waals surface area contributed by atoms with Gasteiger partial charge in [-0.15, -0.1) is 0 Å². The number of anilines is 1. The number of aromatic nitrogens is 1. The molecule has 0 amide bonds. The molecule has 2 rings (SSSR count). The van der Waals surface area contributed by atoms with E-state index in [1.165, 1.54) is 13.2 Å². The van der Waals surface area contributed by atoms with Crippen LogP contribution in [0.2, 0.25) is 0 Å². The van der Waals surface area contributed by atoms with Gasteiger partial charge in [-0.25, -0.2) is 4.98 Å². The van der Waals surface area contributed by atoms with Crippen molar-refractivity contribution in [1.29, 1.82) is 0 Å². The third-order valence-corrected chi connectivity index (χ3v) is 2.90. The third kappa shape index (κ3) is 3.19. The van der Waals surface area contributed by atoms with Gasteiger partial charge >= 0.3 is 0 Å². The average molecular weight is 289 g/mol. The third-order valence-electron chi connectivity index (χ3n) is 2.90. The number of benzene rings is 1. The zero-order valence-corrected chi connectivity index (χ0v) is 11.9. The topological polar surface area (TPSA) is 86.5 Å². The lowest BCUT2D eigenvalue weighted by Crippen LogP contribution is -1.97. The lowest BCUT2D eigenvalue weighted by molar-refractivity contribution is -0.384. The van der Waals surface area contributed by atoms with Crippen molar-refractivity contribution in [1.82, 2.24) is 4.98 Å². The maximum absolute atomic E-state index is 10.9. The van der Waals surface area contributed by atoms with Gasteiger partial charge in [0.2, 0.25) is 5.88 Å². The Morgan fingerprint density at radius 2 is 2.10 bits per heavy atom. The molecule has 0 aliphatic heterocycles. The van der Waals surface area contributed by atoms with Crippen LogP contribution in [0.4, 0.5) is 11.4 Å². The summed E-state index contributed by atoms with van der Waals surface area (Å²) < 4.78 is 10.8. The van der Waals surface area contributed by atoms with Gasteiger partial charge in [0, 0.05) is 37.0 Å². The molecule has 0 saturated carbocycles. The fraction of sp³-hybridized carbons (Fsp3) is 0.214. The summed E-state index contributed by atoms with van der Waals surface area (Å²) in [6.45, 7) is 1.85. The molecule has 0 aliphatic carbocycles. The average Bonchev–Trinajstić information content (AvgIpc) is 2.49. The molecule has 21 heavy (non-hydrogen) atoms. The molecule has 1 aromatic carbocycles. The summed E-state index contributed by atoms with van der Waals surface area (Å²) in [5, 5.41) is 13.7.